The summed E-state index contributed by atoms with van der Waals surface area (Å²) in [6.45, 7) is 8.40. The van der Waals surface area contributed by atoms with Crippen molar-refractivity contribution in [2.45, 2.75) is 33.6 Å². The zero-order chi connectivity index (χ0) is 20.0. The van der Waals surface area contributed by atoms with E-state index in [2.05, 4.69) is 52.9 Å². The van der Waals surface area contributed by atoms with Crippen LogP contribution in [-0.4, -0.2) is 32.8 Å². The monoisotopic (exact) mass is 383 g/mol. The van der Waals surface area contributed by atoms with Crippen molar-refractivity contribution in [3.05, 3.63) is 71.3 Å². The lowest BCUT2D eigenvalue weighted by Gasteiger charge is -2.17. The van der Waals surface area contributed by atoms with E-state index in [1.54, 1.807) is 7.05 Å². The Hall–Kier alpha value is -2.37. The smallest absolute Gasteiger partial charge is 0.191 e. The van der Waals surface area contributed by atoms with E-state index in [1.165, 1.54) is 16.7 Å². The topological polar surface area (TPSA) is 54.9 Å². The predicted molar refractivity (Wildman–Crippen MR) is 115 cm³/mol. The Morgan fingerprint density at radius 3 is 2.36 bits per heavy atom. The maximum Gasteiger partial charge on any atom is 0.191 e. The van der Waals surface area contributed by atoms with Gasteiger partial charge in [-0.1, -0.05) is 61.5 Å². The molecule has 2 aromatic rings. The molecular formula is C23H33N3O2. The number of nitrogens with zero attached hydrogens (tertiary/aromatic N) is 1. The third-order valence-electron chi connectivity index (χ3n) is 4.38. The third-order valence-corrected chi connectivity index (χ3v) is 4.38. The lowest BCUT2D eigenvalue weighted by atomic mass is 10.1. The molecule has 0 heterocycles. The fraction of sp³-hybridized carbons (Fsp3) is 0.435. The quantitative estimate of drug-likeness (QED) is 0.458. The van der Waals surface area contributed by atoms with Crippen LogP contribution in [-0.2, 0) is 29.2 Å². The molecule has 1 atom stereocenters. The standard InChI is InChI=1S/C23H33N3O2/c1-4-27-18-22-13-9-8-12-21(22)15-26-23(24-3)25-14-19(2)16-28-17-20-10-6-5-7-11-20/h5-13,19H,4,14-18H2,1-3H3,(H2,24,25,26). The predicted octanol–water partition coefficient (Wildman–Crippen LogP) is 3.74. The molecule has 0 fully saturated rings. The number of nitrogens with one attached hydrogen (secondary N) is 2. The molecule has 0 saturated heterocycles. The average molecular weight is 384 g/mol. The van der Waals surface area contributed by atoms with Crippen molar-refractivity contribution in [1.29, 1.82) is 0 Å². The summed E-state index contributed by atoms with van der Waals surface area (Å²) in [6.07, 6.45) is 0. The van der Waals surface area contributed by atoms with Crippen molar-refractivity contribution in [3.8, 4) is 0 Å². The largest absolute Gasteiger partial charge is 0.377 e. The normalized spacial score (nSPS) is 12.6. The molecule has 5 heteroatoms. The van der Waals surface area contributed by atoms with E-state index in [1.807, 2.05) is 31.2 Å². The van der Waals surface area contributed by atoms with E-state index in [0.717, 1.165) is 19.1 Å². The minimum Gasteiger partial charge on any atom is -0.377 e. The van der Waals surface area contributed by atoms with Crippen molar-refractivity contribution in [2.75, 3.05) is 26.8 Å². The van der Waals surface area contributed by atoms with Crippen LogP contribution in [0.2, 0.25) is 0 Å². The molecule has 0 amide bonds. The van der Waals surface area contributed by atoms with Gasteiger partial charge in [-0.25, -0.2) is 0 Å². The second-order valence-electron chi connectivity index (χ2n) is 6.82. The summed E-state index contributed by atoms with van der Waals surface area (Å²) < 4.78 is 11.4. The Morgan fingerprint density at radius 1 is 0.929 bits per heavy atom. The number of benzene rings is 2. The van der Waals surface area contributed by atoms with Gasteiger partial charge in [-0.05, 0) is 29.5 Å². The van der Waals surface area contributed by atoms with Crippen LogP contribution in [0.4, 0.5) is 0 Å². The SMILES string of the molecule is CCOCc1ccccc1CNC(=NC)NCC(C)COCc1ccccc1. The van der Waals surface area contributed by atoms with Crippen LogP contribution in [0.1, 0.15) is 30.5 Å². The highest BCUT2D eigenvalue weighted by Crippen LogP contribution is 2.10. The van der Waals surface area contributed by atoms with Crippen LogP contribution in [0.3, 0.4) is 0 Å². The summed E-state index contributed by atoms with van der Waals surface area (Å²) in [6, 6.07) is 18.6. The fourth-order valence-corrected chi connectivity index (χ4v) is 2.76. The highest BCUT2D eigenvalue weighted by molar-refractivity contribution is 5.79. The van der Waals surface area contributed by atoms with E-state index >= 15 is 0 Å². The Kier molecular flexibility index (Phi) is 10.1. The van der Waals surface area contributed by atoms with Crippen LogP contribution >= 0.6 is 0 Å². The Bertz CT molecular complexity index is 704. The van der Waals surface area contributed by atoms with E-state index in [0.29, 0.717) is 32.3 Å². The van der Waals surface area contributed by atoms with Crippen molar-refractivity contribution in [1.82, 2.24) is 10.6 Å². The maximum absolute atomic E-state index is 5.82. The van der Waals surface area contributed by atoms with Crippen molar-refractivity contribution in [3.63, 3.8) is 0 Å². The summed E-state index contributed by atoms with van der Waals surface area (Å²) in [7, 11) is 1.79. The van der Waals surface area contributed by atoms with Gasteiger partial charge in [-0.2, -0.15) is 0 Å². The molecule has 0 aromatic heterocycles. The fourth-order valence-electron chi connectivity index (χ4n) is 2.76. The van der Waals surface area contributed by atoms with Gasteiger partial charge in [0.2, 0.25) is 0 Å². The molecule has 0 saturated carbocycles. The zero-order valence-electron chi connectivity index (χ0n) is 17.3. The maximum atomic E-state index is 5.82. The number of guanidine groups is 1. The third kappa shape index (κ3) is 8.11. The number of hydrogen-bond donors (Lipinski definition) is 2. The minimum absolute atomic E-state index is 0.382. The Balaban J connectivity index is 1.71. The summed E-state index contributed by atoms with van der Waals surface area (Å²) in [5.74, 6) is 1.17. The zero-order valence-corrected chi connectivity index (χ0v) is 17.3. The summed E-state index contributed by atoms with van der Waals surface area (Å²) in [5.41, 5.74) is 3.62. The Labute approximate surface area is 169 Å². The number of hydrogen-bond acceptors (Lipinski definition) is 3. The molecule has 2 N–H and O–H groups in total. The summed E-state index contributed by atoms with van der Waals surface area (Å²) in [4.78, 5) is 4.32. The molecule has 0 aliphatic carbocycles. The van der Waals surface area contributed by atoms with E-state index in [4.69, 9.17) is 9.47 Å². The van der Waals surface area contributed by atoms with Gasteiger partial charge in [-0.15, -0.1) is 0 Å². The number of rotatable bonds is 11. The minimum atomic E-state index is 0.382. The second kappa shape index (κ2) is 12.9. The molecule has 2 aromatic carbocycles. The number of ether oxygens (including phenoxy) is 2. The van der Waals surface area contributed by atoms with Gasteiger partial charge in [0.15, 0.2) is 5.96 Å². The highest BCUT2D eigenvalue weighted by atomic mass is 16.5. The van der Waals surface area contributed by atoms with Crippen LogP contribution in [0.5, 0.6) is 0 Å². The molecule has 0 spiro atoms. The molecular weight excluding hydrogens is 350 g/mol. The number of aliphatic imine (C=N–C) groups is 1. The van der Waals surface area contributed by atoms with Crippen molar-refractivity contribution >= 4 is 5.96 Å². The summed E-state index contributed by atoms with van der Waals surface area (Å²) >= 11 is 0. The Morgan fingerprint density at radius 2 is 1.64 bits per heavy atom. The van der Waals surface area contributed by atoms with E-state index in [9.17, 15) is 0 Å². The molecule has 152 valence electrons. The lowest BCUT2D eigenvalue weighted by molar-refractivity contribution is 0.0931. The lowest BCUT2D eigenvalue weighted by Crippen LogP contribution is -2.39. The van der Waals surface area contributed by atoms with Crippen LogP contribution in [0, 0.1) is 5.92 Å². The van der Waals surface area contributed by atoms with Gasteiger partial charge in [0, 0.05) is 26.7 Å². The second-order valence-corrected chi connectivity index (χ2v) is 6.82. The molecule has 1 unspecified atom stereocenters. The highest BCUT2D eigenvalue weighted by Gasteiger charge is 2.06. The molecule has 28 heavy (non-hydrogen) atoms. The van der Waals surface area contributed by atoms with Gasteiger partial charge >= 0.3 is 0 Å². The molecule has 0 radical (unpaired) electrons. The average Bonchev–Trinajstić information content (AvgIpc) is 2.73. The molecule has 0 aliphatic rings. The van der Waals surface area contributed by atoms with Crippen molar-refractivity contribution in [2.24, 2.45) is 10.9 Å². The van der Waals surface area contributed by atoms with Crippen molar-refractivity contribution < 1.29 is 9.47 Å². The first-order chi connectivity index (χ1) is 13.7. The van der Waals surface area contributed by atoms with Gasteiger partial charge in [0.05, 0.1) is 19.8 Å². The molecule has 0 aliphatic heterocycles. The van der Waals surface area contributed by atoms with Crippen LogP contribution in [0.15, 0.2) is 59.6 Å². The molecule has 2 rings (SSSR count). The van der Waals surface area contributed by atoms with Gasteiger partial charge < -0.3 is 20.1 Å². The van der Waals surface area contributed by atoms with Gasteiger partial charge in [0.1, 0.15) is 0 Å². The van der Waals surface area contributed by atoms with Crippen LogP contribution in [0.25, 0.3) is 0 Å². The first-order valence-corrected chi connectivity index (χ1v) is 9.93. The van der Waals surface area contributed by atoms with Gasteiger partial charge in [-0.3, -0.25) is 4.99 Å². The van der Waals surface area contributed by atoms with E-state index in [-0.39, 0.29) is 0 Å². The van der Waals surface area contributed by atoms with E-state index < -0.39 is 0 Å². The molecule has 5 nitrogen and oxygen atoms in total. The van der Waals surface area contributed by atoms with Crippen LogP contribution < -0.4 is 10.6 Å². The summed E-state index contributed by atoms with van der Waals surface area (Å²) in [5, 5.41) is 6.76. The first-order valence-electron chi connectivity index (χ1n) is 9.93. The molecule has 0 bridgehead atoms. The first kappa shape index (κ1) is 21.9. The van der Waals surface area contributed by atoms with Gasteiger partial charge in [0.25, 0.3) is 0 Å².